The first-order chi connectivity index (χ1) is 8.15. The first-order valence-electron chi connectivity index (χ1n) is 5.95. The van der Waals surface area contributed by atoms with Gasteiger partial charge in [-0.05, 0) is 35.8 Å². The molecule has 1 aliphatic rings. The molecule has 0 bridgehead atoms. The molecule has 1 fully saturated rings. The van der Waals surface area contributed by atoms with E-state index in [4.69, 9.17) is 14.9 Å². The van der Waals surface area contributed by atoms with E-state index in [0.29, 0.717) is 12.6 Å². The highest BCUT2D eigenvalue weighted by molar-refractivity contribution is 9.10. The van der Waals surface area contributed by atoms with Crippen molar-refractivity contribution in [3.8, 4) is 0 Å². The van der Waals surface area contributed by atoms with Crippen LogP contribution in [0.1, 0.15) is 25.6 Å². The van der Waals surface area contributed by atoms with Crippen LogP contribution in [-0.2, 0) is 4.74 Å². The number of nitrogens with zero attached hydrogens (tertiary/aromatic N) is 1. The van der Waals surface area contributed by atoms with Gasteiger partial charge >= 0.3 is 0 Å². The number of nitrogens with two attached hydrogens (primary N) is 1. The quantitative estimate of drug-likeness (QED) is 0.929. The molecule has 2 unspecified atom stereocenters. The molecule has 2 heterocycles. The lowest BCUT2D eigenvalue weighted by Crippen LogP contribution is -2.50. The molecule has 5 heteroatoms. The zero-order valence-corrected chi connectivity index (χ0v) is 11.8. The molecule has 2 atom stereocenters. The van der Waals surface area contributed by atoms with Gasteiger partial charge in [-0.3, -0.25) is 4.90 Å². The number of morpholine rings is 1. The van der Waals surface area contributed by atoms with E-state index in [0.717, 1.165) is 23.4 Å². The van der Waals surface area contributed by atoms with Gasteiger partial charge in [-0.25, -0.2) is 0 Å². The molecule has 0 radical (unpaired) electrons. The summed E-state index contributed by atoms with van der Waals surface area (Å²) in [6.07, 6.45) is 1.69. The molecule has 2 N–H and O–H groups in total. The number of hydrogen-bond donors (Lipinski definition) is 1. The van der Waals surface area contributed by atoms with E-state index in [9.17, 15) is 0 Å². The number of ether oxygens (including phenoxy) is 1. The summed E-state index contributed by atoms with van der Waals surface area (Å²) in [6, 6.07) is 2.45. The maximum Gasteiger partial charge on any atom is 0.137 e. The molecule has 1 aliphatic heterocycles. The van der Waals surface area contributed by atoms with Gasteiger partial charge in [0.1, 0.15) is 5.76 Å². The summed E-state index contributed by atoms with van der Waals surface area (Å²) in [4.78, 5) is 2.38. The van der Waals surface area contributed by atoms with E-state index in [1.165, 1.54) is 0 Å². The van der Waals surface area contributed by atoms with Gasteiger partial charge in [0, 0.05) is 19.1 Å². The Kier molecular flexibility index (Phi) is 4.25. The Morgan fingerprint density at radius 1 is 1.59 bits per heavy atom. The highest BCUT2D eigenvalue weighted by atomic mass is 79.9. The topological polar surface area (TPSA) is 51.6 Å². The van der Waals surface area contributed by atoms with E-state index < -0.39 is 0 Å². The summed E-state index contributed by atoms with van der Waals surface area (Å²) < 4.78 is 12.3. The largest absolute Gasteiger partial charge is 0.466 e. The third kappa shape index (κ3) is 2.57. The van der Waals surface area contributed by atoms with E-state index in [1.54, 1.807) is 6.26 Å². The second-order valence-corrected chi connectivity index (χ2v) is 5.41. The zero-order chi connectivity index (χ0) is 12.4. The fourth-order valence-corrected chi connectivity index (χ4v) is 2.80. The number of rotatable bonds is 3. The first-order valence-corrected chi connectivity index (χ1v) is 6.74. The van der Waals surface area contributed by atoms with Crippen molar-refractivity contribution in [2.75, 3.05) is 19.7 Å². The average Bonchev–Trinajstić information content (AvgIpc) is 2.74. The van der Waals surface area contributed by atoms with Gasteiger partial charge in [0.15, 0.2) is 0 Å². The Bertz CT molecular complexity index is 367. The van der Waals surface area contributed by atoms with Crippen molar-refractivity contribution in [3.63, 3.8) is 0 Å². The Morgan fingerprint density at radius 2 is 2.35 bits per heavy atom. The van der Waals surface area contributed by atoms with E-state index in [2.05, 4.69) is 34.7 Å². The molecule has 0 saturated carbocycles. The maximum atomic E-state index is 5.80. The second-order valence-electron chi connectivity index (χ2n) is 4.55. The molecular formula is C12H19BrN2O2. The molecule has 0 spiro atoms. The number of furan rings is 1. The molecule has 96 valence electrons. The predicted molar refractivity (Wildman–Crippen MR) is 69.8 cm³/mol. The van der Waals surface area contributed by atoms with Crippen LogP contribution in [0, 0.1) is 0 Å². The minimum absolute atomic E-state index is 0.00593. The summed E-state index contributed by atoms with van der Waals surface area (Å²) in [7, 11) is 0. The van der Waals surface area contributed by atoms with Crippen LogP contribution in [0.3, 0.4) is 0 Å². The monoisotopic (exact) mass is 302 g/mol. The maximum absolute atomic E-state index is 5.80. The minimum atomic E-state index is -0.00593. The van der Waals surface area contributed by atoms with Crippen LogP contribution in [0.5, 0.6) is 0 Å². The van der Waals surface area contributed by atoms with Crippen LogP contribution < -0.4 is 5.73 Å². The smallest absolute Gasteiger partial charge is 0.137 e. The van der Waals surface area contributed by atoms with Crippen LogP contribution in [-0.4, -0.2) is 36.7 Å². The normalized spacial score (nSPS) is 26.6. The van der Waals surface area contributed by atoms with Crippen molar-refractivity contribution in [2.45, 2.75) is 32.0 Å². The summed E-state index contributed by atoms with van der Waals surface area (Å²) in [6.45, 7) is 6.51. The molecule has 17 heavy (non-hydrogen) atoms. The highest BCUT2D eigenvalue weighted by Crippen LogP contribution is 2.35. The Balaban J connectivity index is 2.32. The lowest BCUT2D eigenvalue weighted by Gasteiger charge is -2.42. The summed E-state index contributed by atoms with van der Waals surface area (Å²) in [5.74, 6) is 0.911. The van der Waals surface area contributed by atoms with Crippen molar-refractivity contribution in [1.29, 1.82) is 0 Å². The van der Waals surface area contributed by atoms with E-state index >= 15 is 0 Å². The van der Waals surface area contributed by atoms with Gasteiger partial charge in [-0.15, -0.1) is 0 Å². The average molecular weight is 303 g/mol. The fourth-order valence-electron chi connectivity index (χ4n) is 2.37. The summed E-state index contributed by atoms with van der Waals surface area (Å²) in [5, 5.41) is 0. The van der Waals surface area contributed by atoms with Gasteiger partial charge in [-0.2, -0.15) is 0 Å². The van der Waals surface area contributed by atoms with Gasteiger partial charge in [0.05, 0.1) is 29.5 Å². The van der Waals surface area contributed by atoms with Crippen LogP contribution in [0.25, 0.3) is 0 Å². The van der Waals surface area contributed by atoms with Crippen molar-refractivity contribution < 1.29 is 9.15 Å². The van der Waals surface area contributed by atoms with Crippen molar-refractivity contribution >= 4 is 15.9 Å². The van der Waals surface area contributed by atoms with Crippen LogP contribution in [0.15, 0.2) is 21.2 Å². The lowest BCUT2D eigenvalue weighted by atomic mass is 10.0. The van der Waals surface area contributed by atoms with Gasteiger partial charge < -0.3 is 14.9 Å². The SMILES string of the molecule is CC(C)N1CCOC(CN)C1c1occc1Br. The first kappa shape index (κ1) is 13.1. The van der Waals surface area contributed by atoms with Gasteiger partial charge in [0.25, 0.3) is 0 Å². The van der Waals surface area contributed by atoms with Crippen LogP contribution in [0.2, 0.25) is 0 Å². The summed E-state index contributed by atoms with van der Waals surface area (Å²) in [5.41, 5.74) is 5.80. The van der Waals surface area contributed by atoms with E-state index in [-0.39, 0.29) is 12.1 Å². The molecule has 4 nitrogen and oxygen atoms in total. The summed E-state index contributed by atoms with van der Waals surface area (Å²) >= 11 is 3.52. The Labute approximate surface area is 110 Å². The third-order valence-electron chi connectivity index (χ3n) is 3.20. The number of halogens is 1. The molecule has 1 aromatic rings. The predicted octanol–water partition coefficient (Wildman–Crippen LogP) is 2.15. The standard InChI is InChI=1S/C12H19BrN2O2/c1-8(2)15-4-6-16-10(7-14)11(15)12-9(13)3-5-17-12/h3,5,8,10-11H,4,6-7,14H2,1-2H3. The molecule has 0 aliphatic carbocycles. The van der Waals surface area contributed by atoms with Crippen LogP contribution >= 0.6 is 15.9 Å². The Hall–Kier alpha value is -0.360. The van der Waals surface area contributed by atoms with E-state index in [1.807, 2.05) is 6.07 Å². The van der Waals surface area contributed by atoms with Crippen LogP contribution in [0.4, 0.5) is 0 Å². The molecular weight excluding hydrogens is 284 g/mol. The number of hydrogen-bond acceptors (Lipinski definition) is 4. The molecule has 0 aromatic carbocycles. The molecule has 1 aromatic heterocycles. The lowest BCUT2D eigenvalue weighted by molar-refractivity contribution is -0.0854. The fraction of sp³-hybridized carbons (Fsp3) is 0.667. The highest BCUT2D eigenvalue weighted by Gasteiger charge is 2.37. The minimum Gasteiger partial charge on any atom is -0.466 e. The molecule has 1 saturated heterocycles. The van der Waals surface area contributed by atoms with Crippen molar-refractivity contribution in [1.82, 2.24) is 4.90 Å². The van der Waals surface area contributed by atoms with Gasteiger partial charge in [0.2, 0.25) is 0 Å². The van der Waals surface area contributed by atoms with Gasteiger partial charge in [-0.1, -0.05) is 0 Å². The molecule has 0 amide bonds. The van der Waals surface area contributed by atoms with Crippen molar-refractivity contribution in [2.24, 2.45) is 5.73 Å². The third-order valence-corrected chi connectivity index (χ3v) is 3.85. The second kappa shape index (κ2) is 5.52. The Morgan fingerprint density at radius 3 is 2.88 bits per heavy atom. The molecule has 2 rings (SSSR count). The zero-order valence-electron chi connectivity index (χ0n) is 10.2. The van der Waals surface area contributed by atoms with Crippen molar-refractivity contribution in [3.05, 3.63) is 22.6 Å².